The van der Waals surface area contributed by atoms with E-state index in [1.807, 2.05) is 30.3 Å². The normalized spacial score (nSPS) is 13.6. The highest BCUT2D eigenvalue weighted by atomic mass is 32.2. The Morgan fingerprint density at radius 1 is 1.12 bits per heavy atom. The Balaban J connectivity index is 1.49. The molecule has 1 aliphatic rings. The van der Waals surface area contributed by atoms with Crippen LogP contribution in [0.3, 0.4) is 0 Å². The van der Waals surface area contributed by atoms with E-state index in [-0.39, 0.29) is 5.91 Å². The van der Waals surface area contributed by atoms with Gasteiger partial charge in [0.1, 0.15) is 16.2 Å². The minimum absolute atomic E-state index is 0.0382. The average Bonchev–Trinajstić information content (AvgIpc) is 3.17. The number of hydrogen-bond acceptors (Lipinski definition) is 6. The van der Waals surface area contributed by atoms with Crippen molar-refractivity contribution in [2.75, 3.05) is 11.1 Å². The number of thioether (sulfide) groups is 1. The van der Waals surface area contributed by atoms with E-state index in [1.165, 1.54) is 46.8 Å². The summed E-state index contributed by atoms with van der Waals surface area (Å²) >= 11 is 3.13. The molecule has 1 aromatic carbocycles. The summed E-state index contributed by atoms with van der Waals surface area (Å²) in [5.74, 6) is 0.845. The van der Waals surface area contributed by atoms with Crippen LogP contribution in [0.15, 0.2) is 41.7 Å². The number of amides is 1. The molecule has 1 amide bonds. The molecule has 3 heterocycles. The Labute approximate surface area is 196 Å². The number of aryl methyl sites for hydroxylation is 1. The van der Waals surface area contributed by atoms with Crippen molar-refractivity contribution in [3.63, 3.8) is 0 Å². The number of nitrogens with one attached hydrogen (secondary N) is 1. The number of hydrogen-bond donors (Lipinski definition) is 1. The van der Waals surface area contributed by atoms with Crippen LogP contribution in [0.4, 0.5) is 5.69 Å². The van der Waals surface area contributed by atoms with Gasteiger partial charge < -0.3 is 5.32 Å². The zero-order valence-corrected chi connectivity index (χ0v) is 20.0. The van der Waals surface area contributed by atoms with Gasteiger partial charge in [0.05, 0.1) is 16.0 Å². The number of anilines is 1. The van der Waals surface area contributed by atoms with Crippen molar-refractivity contribution in [1.29, 1.82) is 0 Å². The minimum Gasteiger partial charge on any atom is -0.325 e. The van der Waals surface area contributed by atoms with E-state index < -0.39 is 0 Å². The van der Waals surface area contributed by atoms with E-state index in [4.69, 9.17) is 4.98 Å². The summed E-state index contributed by atoms with van der Waals surface area (Å²) in [7, 11) is 0. The lowest BCUT2D eigenvalue weighted by molar-refractivity contribution is -0.113. The summed E-state index contributed by atoms with van der Waals surface area (Å²) in [5, 5.41) is 5.01. The highest BCUT2D eigenvalue weighted by Gasteiger charge is 2.23. The van der Waals surface area contributed by atoms with Gasteiger partial charge >= 0.3 is 0 Å². The zero-order valence-electron chi connectivity index (χ0n) is 18.4. The summed E-state index contributed by atoms with van der Waals surface area (Å²) in [6.45, 7) is 4.51. The number of aromatic nitrogens is 3. The van der Waals surface area contributed by atoms with E-state index in [1.54, 1.807) is 17.7 Å². The molecule has 32 heavy (non-hydrogen) atoms. The second-order valence-corrected chi connectivity index (χ2v) is 10.6. The fourth-order valence-electron chi connectivity index (χ4n) is 4.43. The maximum atomic E-state index is 12.4. The van der Waals surface area contributed by atoms with Crippen LogP contribution in [0, 0.1) is 5.92 Å². The van der Waals surface area contributed by atoms with Crippen molar-refractivity contribution in [3.8, 4) is 0 Å². The van der Waals surface area contributed by atoms with Gasteiger partial charge in [-0.05, 0) is 61.3 Å². The lowest BCUT2D eigenvalue weighted by Crippen LogP contribution is -2.13. The largest absolute Gasteiger partial charge is 0.325 e. The molecule has 0 atom stereocenters. The number of rotatable bonds is 6. The molecule has 0 fully saturated rings. The van der Waals surface area contributed by atoms with E-state index >= 15 is 0 Å². The maximum absolute atomic E-state index is 12.4. The SMILES string of the molecule is CC(C)Cc1nc2sc3c(SCC(=O)Nc4ccccc4)ncnc3c2c2c1CCCC2. The van der Waals surface area contributed by atoms with Crippen LogP contribution in [0.25, 0.3) is 20.4 Å². The molecule has 0 bridgehead atoms. The van der Waals surface area contributed by atoms with Gasteiger partial charge in [-0.1, -0.05) is 43.8 Å². The Bertz CT molecular complexity index is 1280. The first kappa shape index (κ1) is 21.3. The predicted molar refractivity (Wildman–Crippen MR) is 134 cm³/mol. The van der Waals surface area contributed by atoms with Gasteiger partial charge in [-0.25, -0.2) is 15.0 Å². The Kier molecular flexibility index (Phi) is 6.11. The van der Waals surface area contributed by atoms with Gasteiger partial charge in [-0.3, -0.25) is 4.79 Å². The number of nitrogens with zero attached hydrogens (tertiary/aromatic N) is 3. The van der Waals surface area contributed by atoms with Crippen LogP contribution in [0.2, 0.25) is 0 Å². The molecule has 1 N–H and O–H groups in total. The molecule has 1 aliphatic carbocycles. The first-order valence-corrected chi connectivity index (χ1v) is 13.0. The molecular weight excluding hydrogens is 436 g/mol. The van der Waals surface area contributed by atoms with Crippen LogP contribution < -0.4 is 5.32 Å². The third-order valence-electron chi connectivity index (χ3n) is 5.77. The third-order valence-corrected chi connectivity index (χ3v) is 7.97. The summed E-state index contributed by atoms with van der Waals surface area (Å²) in [6.07, 6.45) is 7.31. The van der Waals surface area contributed by atoms with Crippen LogP contribution in [0.1, 0.15) is 43.5 Å². The molecule has 0 unspecified atom stereocenters. The molecule has 0 saturated heterocycles. The van der Waals surface area contributed by atoms with Gasteiger partial charge in [-0.15, -0.1) is 11.3 Å². The van der Waals surface area contributed by atoms with Gasteiger partial charge in [0.15, 0.2) is 0 Å². The fraction of sp³-hybridized carbons (Fsp3) is 0.360. The smallest absolute Gasteiger partial charge is 0.234 e. The topological polar surface area (TPSA) is 67.8 Å². The molecule has 5 nitrogen and oxygen atoms in total. The molecule has 0 saturated carbocycles. The van der Waals surface area contributed by atoms with Crippen molar-refractivity contribution in [2.45, 2.75) is 51.0 Å². The van der Waals surface area contributed by atoms with Crippen molar-refractivity contribution < 1.29 is 4.79 Å². The predicted octanol–water partition coefficient (Wildman–Crippen LogP) is 6.05. The van der Waals surface area contributed by atoms with Crippen LogP contribution in [-0.2, 0) is 24.1 Å². The highest BCUT2D eigenvalue weighted by molar-refractivity contribution is 8.00. The maximum Gasteiger partial charge on any atom is 0.234 e. The van der Waals surface area contributed by atoms with E-state index in [0.29, 0.717) is 11.7 Å². The molecule has 164 valence electrons. The Morgan fingerprint density at radius 2 is 1.91 bits per heavy atom. The van der Waals surface area contributed by atoms with Crippen LogP contribution in [0.5, 0.6) is 0 Å². The van der Waals surface area contributed by atoms with Crippen LogP contribution >= 0.6 is 23.1 Å². The monoisotopic (exact) mass is 462 g/mol. The number of benzene rings is 1. The second kappa shape index (κ2) is 9.16. The molecule has 0 radical (unpaired) electrons. The number of carbonyl (C=O) groups is 1. The molecule has 7 heteroatoms. The van der Waals surface area contributed by atoms with E-state index in [2.05, 4.69) is 29.1 Å². The van der Waals surface area contributed by atoms with Crippen molar-refractivity contribution in [2.24, 2.45) is 5.92 Å². The summed E-state index contributed by atoms with van der Waals surface area (Å²) in [5.41, 5.74) is 5.96. The molecule has 4 aromatic rings. The van der Waals surface area contributed by atoms with Crippen LogP contribution in [-0.4, -0.2) is 26.6 Å². The lowest BCUT2D eigenvalue weighted by atomic mass is 9.87. The van der Waals surface area contributed by atoms with Crippen molar-refractivity contribution >= 4 is 55.1 Å². The first-order chi connectivity index (χ1) is 15.6. The van der Waals surface area contributed by atoms with Gasteiger partial charge in [0.2, 0.25) is 5.91 Å². The highest BCUT2D eigenvalue weighted by Crippen LogP contribution is 2.41. The molecular formula is C25H26N4OS2. The number of para-hydroxylation sites is 1. The number of fused-ring (bicyclic) bond motifs is 5. The van der Waals surface area contributed by atoms with Crippen molar-refractivity contribution in [3.05, 3.63) is 53.5 Å². The molecule has 0 spiro atoms. The molecule has 5 rings (SSSR count). The fourth-order valence-corrected chi connectivity index (χ4v) is 6.48. The number of carbonyl (C=O) groups excluding carboxylic acids is 1. The number of thiophene rings is 1. The third kappa shape index (κ3) is 4.24. The standard InChI is InChI=1S/C25H26N4OS2/c1-15(2)12-19-17-10-6-7-11-18(17)21-22-23(32-24(21)29-19)25(27-14-26-22)31-13-20(30)28-16-8-4-3-5-9-16/h3-5,8-9,14-15H,6-7,10-13H2,1-2H3,(H,28,30). The van der Waals surface area contributed by atoms with Gasteiger partial charge in [0.25, 0.3) is 0 Å². The van der Waals surface area contributed by atoms with E-state index in [0.717, 1.165) is 45.0 Å². The molecule has 0 aliphatic heterocycles. The quantitative estimate of drug-likeness (QED) is 0.279. The summed E-state index contributed by atoms with van der Waals surface area (Å²) < 4.78 is 1.04. The van der Waals surface area contributed by atoms with Gasteiger partial charge in [0, 0.05) is 16.8 Å². The molecule has 3 aromatic heterocycles. The van der Waals surface area contributed by atoms with Crippen molar-refractivity contribution in [1.82, 2.24) is 15.0 Å². The summed E-state index contributed by atoms with van der Waals surface area (Å²) in [6, 6.07) is 9.54. The average molecular weight is 463 g/mol. The summed E-state index contributed by atoms with van der Waals surface area (Å²) in [4.78, 5) is 27.8. The Morgan fingerprint density at radius 3 is 2.69 bits per heavy atom. The minimum atomic E-state index is -0.0382. The first-order valence-electron chi connectivity index (χ1n) is 11.2. The van der Waals surface area contributed by atoms with Gasteiger partial charge in [-0.2, -0.15) is 0 Å². The second-order valence-electron chi connectivity index (χ2n) is 8.66. The lowest BCUT2D eigenvalue weighted by Gasteiger charge is -2.20. The van der Waals surface area contributed by atoms with E-state index in [9.17, 15) is 4.79 Å². The Hall–Kier alpha value is -2.51. The number of pyridine rings is 1. The zero-order chi connectivity index (χ0) is 22.1.